The molecule has 2 N–H and O–H groups in total. The zero-order chi connectivity index (χ0) is 18.3. The van der Waals surface area contributed by atoms with Crippen molar-refractivity contribution >= 4 is 16.0 Å². The van der Waals surface area contributed by atoms with Crippen molar-refractivity contribution in [2.45, 2.75) is 18.6 Å². The first kappa shape index (κ1) is 19.1. The molecule has 25 heavy (non-hydrogen) atoms. The number of aliphatic hydroxyl groups excluding tert-OH is 1. The largest absolute Gasteiger partial charge is 0.389 e. The van der Waals surface area contributed by atoms with Gasteiger partial charge in [0.1, 0.15) is 0 Å². The number of nitrogens with one attached hydrogen (secondary N) is 1. The van der Waals surface area contributed by atoms with E-state index in [-0.39, 0.29) is 5.91 Å². The highest BCUT2D eigenvalue weighted by Gasteiger charge is 2.24. The molecule has 0 aliphatic rings. The van der Waals surface area contributed by atoms with E-state index in [1.54, 1.807) is 30.3 Å². The second-order valence-electron chi connectivity index (χ2n) is 5.69. The molecule has 0 saturated heterocycles. The predicted octanol–water partition coefficient (Wildman–Crippen LogP) is 1.36. The number of rotatable bonds is 8. The molecule has 0 aliphatic heterocycles. The second kappa shape index (κ2) is 8.75. The Bertz CT molecular complexity index is 778. The van der Waals surface area contributed by atoms with Crippen LogP contribution in [0.1, 0.15) is 15.9 Å². The summed E-state index contributed by atoms with van der Waals surface area (Å²) in [5, 5.41) is 13.1. The minimum absolute atomic E-state index is 0.341. The molecule has 0 bridgehead atoms. The molecule has 2 aromatic rings. The van der Waals surface area contributed by atoms with Crippen LogP contribution in [-0.4, -0.2) is 44.4 Å². The van der Waals surface area contributed by atoms with E-state index in [0.717, 1.165) is 11.8 Å². The molecule has 2 aromatic carbocycles. The summed E-state index contributed by atoms with van der Waals surface area (Å²) < 4.78 is 26.9. The molecule has 0 aliphatic carbocycles. The zero-order valence-electron chi connectivity index (χ0n) is 13.8. The fraction of sp³-hybridized carbons (Fsp3) is 0.278. The minimum Gasteiger partial charge on any atom is -0.389 e. The van der Waals surface area contributed by atoms with Gasteiger partial charge in [-0.25, -0.2) is 0 Å². The lowest BCUT2D eigenvalue weighted by atomic mass is 10.0. The van der Waals surface area contributed by atoms with Gasteiger partial charge in [-0.15, -0.1) is 0 Å². The van der Waals surface area contributed by atoms with Crippen molar-refractivity contribution in [1.29, 1.82) is 0 Å². The Labute approximate surface area is 147 Å². The highest BCUT2D eigenvalue weighted by Crippen LogP contribution is 2.09. The first-order valence-electron chi connectivity index (χ1n) is 7.77. The van der Waals surface area contributed by atoms with Crippen LogP contribution in [-0.2, 0) is 20.7 Å². The number of carbonyl (C=O) groups is 1. The maximum atomic E-state index is 12.4. The van der Waals surface area contributed by atoms with Crippen LogP contribution in [0.3, 0.4) is 0 Å². The van der Waals surface area contributed by atoms with Gasteiger partial charge < -0.3 is 10.4 Å². The van der Waals surface area contributed by atoms with E-state index in [1.807, 2.05) is 30.3 Å². The maximum Gasteiger partial charge on any atom is 0.264 e. The van der Waals surface area contributed by atoms with E-state index >= 15 is 0 Å². The fourth-order valence-electron chi connectivity index (χ4n) is 2.30. The second-order valence-corrected chi connectivity index (χ2v) is 7.34. The molecule has 0 unspecified atom stereocenters. The van der Waals surface area contributed by atoms with E-state index < -0.39 is 28.9 Å². The number of benzene rings is 2. The summed E-state index contributed by atoms with van der Waals surface area (Å²) in [5.74, 6) is -0.347. The summed E-state index contributed by atoms with van der Waals surface area (Å²) in [7, 11) is -3.68. The van der Waals surface area contributed by atoms with Crippen LogP contribution in [0.25, 0.3) is 0 Å². The van der Waals surface area contributed by atoms with Crippen LogP contribution < -0.4 is 5.32 Å². The highest BCUT2D eigenvalue weighted by atomic mass is 32.2. The van der Waals surface area contributed by atoms with Gasteiger partial charge in [-0.3, -0.25) is 8.98 Å². The molecular weight excluding hydrogens is 342 g/mol. The van der Waals surface area contributed by atoms with Gasteiger partial charge in [-0.2, -0.15) is 8.42 Å². The SMILES string of the molecule is CS(=O)(=O)OC[C@@H](O)[C@@H](Cc1ccccc1)NC(=O)c1ccccc1. The number of hydrogen-bond acceptors (Lipinski definition) is 5. The van der Waals surface area contributed by atoms with Crippen LogP contribution >= 0.6 is 0 Å². The van der Waals surface area contributed by atoms with Crippen LogP contribution in [0.4, 0.5) is 0 Å². The third-order valence-electron chi connectivity index (χ3n) is 3.57. The minimum atomic E-state index is -3.68. The molecule has 0 saturated carbocycles. The highest BCUT2D eigenvalue weighted by molar-refractivity contribution is 7.85. The summed E-state index contributed by atoms with van der Waals surface area (Å²) in [4.78, 5) is 12.4. The molecule has 2 atom stereocenters. The monoisotopic (exact) mass is 363 g/mol. The van der Waals surface area contributed by atoms with Gasteiger partial charge >= 0.3 is 0 Å². The molecule has 0 radical (unpaired) electrons. The molecule has 134 valence electrons. The van der Waals surface area contributed by atoms with Crippen LogP contribution in [0.2, 0.25) is 0 Å². The third kappa shape index (κ3) is 6.66. The van der Waals surface area contributed by atoms with Gasteiger partial charge in [-0.05, 0) is 24.1 Å². The molecule has 0 heterocycles. The summed E-state index contributed by atoms with van der Waals surface area (Å²) in [6.07, 6.45) is 0.0740. The normalized spacial score (nSPS) is 13.8. The molecule has 6 nitrogen and oxygen atoms in total. The Morgan fingerprint density at radius 1 is 1.08 bits per heavy atom. The number of carbonyl (C=O) groups excluding carboxylic acids is 1. The topological polar surface area (TPSA) is 92.7 Å². The Kier molecular flexibility index (Phi) is 6.69. The molecule has 0 fully saturated rings. The Hall–Kier alpha value is -2.22. The van der Waals surface area contributed by atoms with E-state index in [9.17, 15) is 18.3 Å². The van der Waals surface area contributed by atoms with Crippen LogP contribution in [0.15, 0.2) is 60.7 Å². The first-order chi connectivity index (χ1) is 11.8. The Balaban J connectivity index is 2.12. The van der Waals surface area contributed by atoms with Crippen molar-refractivity contribution in [1.82, 2.24) is 5.32 Å². The zero-order valence-corrected chi connectivity index (χ0v) is 14.6. The average Bonchev–Trinajstić information content (AvgIpc) is 2.60. The van der Waals surface area contributed by atoms with Crippen molar-refractivity contribution in [3.8, 4) is 0 Å². The molecule has 1 amide bonds. The maximum absolute atomic E-state index is 12.4. The molecular formula is C18H21NO5S. The number of aliphatic hydroxyl groups is 1. The van der Waals surface area contributed by atoms with Crippen LogP contribution in [0.5, 0.6) is 0 Å². The van der Waals surface area contributed by atoms with Crippen molar-refractivity contribution in [2.24, 2.45) is 0 Å². The van der Waals surface area contributed by atoms with Gasteiger partial charge in [0.15, 0.2) is 0 Å². The van der Waals surface area contributed by atoms with Gasteiger partial charge in [0.05, 0.1) is 25.0 Å². The quantitative estimate of drug-likeness (QED) is 0.691. The summed E-state index contributed by atoms with van der Waals surface area (Å²) in [6.45, 7) is -0.425. The van der Waals surface area contributed by atoms with Crippen molar-refractivity contribution in [3.05, 3.63) is 71.8 Å². The standard InChI is InChI=1S/C18H21NO5S/c1-25(22,23)24-13-17(20)16(12-14-8-4-2-5-9-14)19-18(21)15-10-6-3-7-11-15/h2-11,16-17,20H,12-13H2,1H3,(H,19,21)/t16-,17-/m1/s1. The molecule has 2 rings (SSSR count). The van der Waals surface area contributed by atoms with Crippen molar-refractivity contribution in [3.63, 3.8) is 0 Å². The first-order valence-corrected chi connectivity index (χ1v) is 9.59. The summed E-state index contributed by atoms with van der Waals surface area (Å²) in [5.41, 5.74) is 1.36. The third-order valence-corrected chi connectivity index (χ3v) is 4.13. The van der Waals surface area contributed by atoms with Crippen molar-refractivity contribution < 1.29 is 22.5 Å². The van der Waals surface area contributed by atoms with Crippen LogP contribution in [0, 0.1) is 0 Å². The van der Waals surface area contributed by atoms with Gasteiger partial charge in [0, 0.05) is 5.56 Å². The smallest absolute Gasteiger partial charge is 0.264 e. The number of hydrogen-bond donors (Lipinski definition) is 2. The molecule has 0 spiro atoms. The lowest BCUT2D eigenvalue weighted by Gasteiger charge is -2.24. The molecule has 0 aromatic heterocycles. The Morgan fingerprint density at radius 2 is 1.64 bits per heavy atom. The number of amides is 1. The lowest BCUT2D eigenvalue weighted by molar-refractivity contribution is 0.0657. The van der Waals surface area contributed by atoms with Gasteiger partial charge in [0.25, 0.3) is 16.0 Å². The molecule has 7 heteroatoms. The summed E-state index contributed by atoms with van der Waals surface area (Å²) >= 11 is 0. The van der Waals surface area contributed by atoms with Gasteiger partial charge in [-0.1, -0.05) is 48.5 Å². The van der Waals surface area contributed by atoms with Gasteiger partial charge in [0.2, 0.25) is 0 Å². The lowest BCUT2D eigenvalue weighted by Crippen LogP contribution is -2.47. The van der Waals surface area contributed by atoms with E-state index in [2.05, 4.69) is 9.50 Å². The van der Waals surface area contributed by atoms with Crippen molar-refractivity contribution in [2.75, 3.05) is 12.9 Å². The average molecular weight is 363 g/mol. The van der Waals surface area contributed by atoms with E-state index in [1.165, 1.54) is 0 Å². The fourth-order valence-corrected chi connectivity index (χ4v) is 2.69. The summed E-state index contributed by atoms with van der Waals surface area (Å²) in [6, 6.07) is 17.2. The van der Waals surface area contributed by atoms with E-state index in [0.29, 0.717) is 12.0 Å². The van der Waals surface area contributed by atoms with E-state index in [4.69, 9.17) is 0 Å². The Morgan fingerprint density at radius 3 is 2.20 bits per heavy atom. The predicted molar refractivity (Wildman–Crippen MR) is 94.6 cm³/mol.